The van der Waals surface area contributed by atoms with Crippen molar-refractivity contribution in [2.75, 3.05) is 13.1 Å². The third-order valence-electron chi connectivity index (χ3n) is 5.79. The van der Waals surface area contributed by atoms with Crippen LogP contribution in [0.25, 0.3) is 11.6 Å². The lowest BCUT2D eigenvalue weighted by Gasteiger charge is -2.07. The van der Waals surface area contributed by atoms with Gasteiger partial charge in [0.1, 0.15) is 0 Å². The number of unbranched alkanes of at least 4 members (excludes halogenated alkanes) is 1. The van der Waals surface area contributed by atoms with Crippen molar-refractivity contribution in [1.82, 2.24) is 15.5 Å². The lowest BCUT2D eigenvalue weighted by molar-refractivity contribution is 0.0953. The van der Waals surface area contributed by atoms with Crippen molar-refractivity contribution in [2.24, 2.45) is 4.99 Å². The molecule has 0 aliphatic heterocycles. The summed E-state index contributed by atoms with van der Waals surface area (Å²) < 4.78 is 0. The van der Waals surface area contributed by atoms with Crippen LogP contribution in [0.4, 0.5) is 0 Å². The van der Waals surface area contributed by atoms with Gasteiger partial charge in [-0.15, -0.1) is 0 Å². The van der Waals surface area contributed by atoms with E-state index in [4.69, 9.17) is 0 Å². The number of rotatable bonds is 12. The molecule has 1 aromatic heterocycles. The number of carbonyl (C=O) groups excluding carboxylic acids is 1. The van der Waals surface area contributed by atoms with Crippen LogP contribution in [0.15, 0.2) is 72.5 Å². The number of carbonyl (C=O) groups is 1. The molecular formula is C32H36N4O. The first-order chi connectivity index (χ1) is 18.1. The molecule has 0 radical (unpaired) electrons. The Kier molecular flexibility index (Phi) is 11.2. The van der Waals surface area contributed by atoms with Gasteiger partial charge in [0, 0.05) is 36.0 Å². The summed E-state index contributed by atoms with van der Waals surface area (Å²) in [6.45, 7) is 9.49. The Hall–Kier alpha value is -4.17. The van der Waals surface area contributed by atoms with Gasteiger partial charge in [-0.2, -0.15) is 5.10 Å². The number of benzene rings is 2. The van der Waals surface area contributed by atoms with Crippen LogP contribution >= 0.6 is 0 Å². The molecule has 190 valence electrons. The Bertz CT molecular complexity index is 1270. The second kappa shape index (κ2) is 15.1. The fourth-order valence-electron chi connectivity index (χ4n) is 3.61. The zero-order valence-corrected chi connectivity index (χ0v) is 21.9. The number of aryl methyl sites for hydroxylation is 1. The number of amides is 1. The molecule has 0 aliphatic carbocycles. The van der Waals surface area contributed by atoms with Crippen molar-refractivity contribution in [2.45, 2.75) is 46.0 Å². The van der Waals surface area contributed by atoms with Gasteiger partial charge < -0.3 is 5.32 Å². The van der Waals surface area contributed by atoms with Gasteiger partial charge in [-0.3, -0.25) is 14.9 Å². The largest absolute Gasteiger partial charge is 0.352 e. The van der Waals surface area contributed by atoms with E-state index in [0.29, 0.717) is 12.1 Å². The van der Waals surface area contributed by atoms with Crippen LogP contribution in [-0.2, 0) is 6.42 Å². The van der Waals surface area contributed by atoms with E-state index in [1.165, 1.54) is 0 Å². The molecule has 37 heavy (non-hydrogen) atoms. The molecular weight excluding hydrogens is 456 g/mol. The second-order valence-electron chi connectivity index (χ2n) is 8.94. The standard InChI is InChI=1S/C32H36N4O/c1-4-5-19-33-20-7-6-10-29-17-18-31(32(37)34-21-8-9-27-23-35-36-24-27)22-30(29)16-13-26-11-14-28(15-12-26)25(2)3/h6,10-12,14-15,17-19,22-24H,2,4-5,7-9,20-21H2,1,3H3,(H,34,37)(H,35,36)/b10-6+,33-19+. The zero-order valence-electron chi connectivity index (χ0n) is 21.9. The summed E-state index contributed by atoms with van der Waals surface area (Å²) in [6.07, 6.45) is 14.6. The van der Waals surface area contributed by atoms with E-state index >= 15 is 0 Å². The van der Waals surface area contributed by atoms with Crippen LogP contribution in [0.1, 0.15) is 77.7 Å². The summed E-state index contributed by atoms with van der Waals surface area (Å²) in [6, 6.07) is 13.7. The van der Waals surface area contributed by atoms with E-state index in [1.807, 2.05) is 68.0 Å². The minimum Gasteiger partial charge on any atom is -0.352 e. The van der Waals surface area contributed by atoms with Gasteiger partial charge in [0.15, 0.2) is 0 Å². The van der Waals surface area contributed by atoms with Crippen molar-refractivity contribution in [1.29, 1.82) is 0 Å². The molecule has 0 atom stereocenters. The smallest absolute Gasteiger partial charge is 0.251 e. The Morgan fingerprint density at radius 1 is 1.14 bits per heavy atom. The van der Waals surface area contributed by atoms with Gasteiger partial charge in [0.25, 0.3) is 5.91 Å². The number of aliphatic imine (C=N–C) groups is 1. The van der Waals surface area contributed by atoms with Gasteiger partial charge >= 0.3 is 0 Å². The summed E-state index contributed by atoms with van der Waals surface area (Å²) in [5.74, 6) is 6.44. The summed E-state index contributed by atoms with van der Waals surface area (Å²) >= 11 is 0. The number of aromatic nitrogens is 2. The molecule has 0 bridgehead atoms. The molecule has 0 unspecified atom stereocenters. The monoisotopic (exact) mass is 492 g/mol. The Morgan fingerprint density at radius 2 is 1.95 bits per heavy atom. The highest BCUT2D eigenvalue weighted by Crippen LogP contribution is 2.16. The number of hydrogen-bond donors (Lipinski definition) is 2. The molecule has 5 heteroatoms. The predicted molar refractivity (Wildman–Crippen MR) is 155 cm³/mol. The summed E-state index contributed by atoms with van der Waals surface area (Å²) in [5.41, 5.74) is 6.58. The summed E-state index contributed by atoms with van der Waals surface area (Å²) in [5, 5.41) is 9.78. The lowest BCUT2D eigenvalue weighted by Crippen LogP contribution is -2.24. The van der Waals surface area contributed by atoms with Gasteiger partial charge in [0.05, 0.1) is 6.20 Å². The predicted octanol–water partition coefficient (Wildman–Crippen LogP) is 6.48. The maximum Gasteiger partial charge on any atom is 0.251 e. The van der Waals surface area contributed by atoms with E-state index in [1.54, 1.807) is 0 Å². The highest BCUT2D eigenvalue weighted by atomic mass is 16.1. The van der Waals surface area contributed by atoms with E-state index < -0.39 is 0 Å². The number of nitrogens with one attached hydrogen (secondary N) is 2. The van der Waals surface area contributed by atoms with Crippen molar-refractivity contribution in [3.8, 4) is 11.8 Å². The third-order valence-corrected chi connectivity index (χ3v) is 5.79. The molecule has 3 aromatic rings. The van der Waals surface area contributed by atoms with Gasteiger partial charge in [0.2, 0.25) is 0 Å². The van der Waals surface area contributed by atoms with Gasteiger partial charge in [-0.1, -0.05) is 67.7 Å². The molecule has 1 heterocycles. The van der Waals surface area contributed by atoms with E-state index in [9.17, 15) is 4.79 Å². The van der Waals surface area contributed by atoms with Gasteiger partial charge in [-0.05, 0) is 79.8 Å². The van der Waals surface area contributed by atoms with Crippen LogP contribution in [0.5, 0.6) is 0 Å². The zero-order chi connectivity index (χ0) is 26.3. The molecule has 1 amide bonds. The van der Waals surface area contributed by atoms with Gasteiger partial charge in [-0.25, -0.2) is 0 Å². The maximum atomic E-state index is 12.8. The second-order valence-corrected chi connectivity index (χ2v) is 8.94. The van der Waals surface area contributed by atoms with Crippen LogP contribution < -0.4 is 5.32 Å². The highest BCUT2D eigenvalue weighted by molar-refractivity contribution is 5.95. The molecule has 0 fully saturated rings. The summed E-state index contributed by atoms with van der Waals surface area (Å²) in [4.78, 5) is 17.2. The van der Waals surface area contributed by atoms with Crippen molar-refractivity contribution >= 4 is 23.8 Å². The fraction of sp³-hybridized carbons (Fsp3) is 0.281. The number of H-pyrrole nitrogens is 1. The highest BCUT2D eigenvalue weighted by Gasteiger charge is 2.08. The Balaban J connectivity index is 1.72. The topological polar surface area (TPSA) is 70.1 Å². The minimum absolute atomic E-state index is 0.0955. The number of nitrogens with zero attached hydrogens (tertiary/aromatic N) is 2. The molecule has 0 aliphatic rings. The average Bonchev–Trinajstić information content (AvgIpc) is 3.43. The van der Waals surface area contributed by atoms with Crippen LogP contribution in [0.3, 0.4) is 0 Å². The quantitative estimate of drug-likeness (QED) is 0.173. The molecule has 5 nitrogen and oxygen atoms in total. The first-order valence-corrected chi connectivity index (χ1v) is 12.9. The molecule has 0 spiro atoms. The first kappa shape index (κ1) is 27.4. The Labute approximate surface area is 220 Å². The molecule has 2 N–H and O–H groups in total. The van der Waals surface area contributed by atoms with E-state index in [2.05, 4.69) is 58.0 Å². The molecule has 3 rings (SSSR count). The van der Waals surface area contributed by atoms with Crippen molar-refractivity contribution in [3.05, 3.63) is 101 Å². The molecule has 0 saturated carbocycles. The third kappa shape index (κ3) is 9.42. The number of allylic oxidation sites excluding steroid dienone is 1. The van der Waals surface area contributed by atoms with Crippen LogP contribution in [0.2, 0.25) is 0 Å². The first-order valence-electron chi connectivity index (χ1n) is 12.9. The average molecular weight is 493 g/mol. The molecule has 0 saturated heterocycles. The number of aromatic amines is 1. The van der Waals surface area contributed by atoms with Crippen LogP contribution in [-0.4, -0.2) is 35.4 Å². The molecule has 2 aromatic carbocycles. The van der Waals surface area contributed by atoms with Crippen LogP contribution in [0, 0.1) is 11.8 Å². The maximum absolute atomic E-state index is 12.8. The number of hydrogen-bond acceptors (Lipinski definition) is 3. The SMILES string of the molecule is C=C(C)c1ccc(C#Cc2cc(C(=O)NCCCc3cn[nH]c3)ccc2/C=C/CC/N=C/CCC)cc1. The van der Waals surface area contributed by atoms with Crippen molar-refractivity contribution < 1.29 is 4.79 Å². The van der Waals surface area contributed by atoms with E-state index in [-0.39, 0.29) is 5.91 Å². The lowest BCUT2D eigenvalue weighted by atomic mass is 10.0. The van der Waals surface area contributed by atoms with E-state index in [0.717, 1.165) is 72.0 Å². The Morgan fingerprint density at radius 3 is 2.68 bits per heavy atom. The normalized spacial score (nSPS) is 11.0. The minimum atomic E-state index is -0.0955. The fourth-order valence-corrected chi connectivity index (χ4v) is 3.61. The van der Waals surface area contributed by atoms with Crippen molar-refractivity contribution in [3.63, 3.8) is 0 Å². The summed E-state index contributed by atoms with van der Waals surface area (Å²) in [7, 11) is 0.